The Hall–Kier alpha value is -4.06. The van der Waals surface area contributed by atoms with Gasteiger partial charge in [-0.1, -0.05) is 71.2 Å². The second-order valence-electron chi connectivity index (χ2n) is 19.0. The molecule has 4 aromatic rings. The van der Waals surface area contributed by atoms with Crippen LogP contribution in [-0.4, -0.2) is 92.1 Å². The van der Waals surface area contributed by atoms with E-state index in [1.54, 1.807) is 74.9 Å². The SMILES string of the molecule is COC(=O)C(C)(C)/C=C/B1OC(C)(C)C(C)(C)O1.COC1CCCC1.COCc1cc2ccc(/C=C/C(C)(C)C(=O)OC)cc2nc1[C@@H](C)O.COCc1cc2ccc(Br)cc2nc1[C@@H](C)O. The summed E-state index contributed by atoms with van der Waals surface area (Å²) in [5.74, 6) is 1.20. The van der Waals surface area contributed by atoms with Crippen molar-refractivity contribution in [2.75, 3.05) is 35.5 Å². The van der Waals surface area contributed by atoms with Crippen LogP contribution in [0.25, 0.3) is 27.9 Å². The van der Waals surface area contributed by atoms with Crippen LogP contribution in [0.2, 0.25) is 0 Å². The molecule has 2 aromatic heterocycles. The lowest BCUT2D eigenvalue weighted by molar-refractivity contribution is -0.148. The second kappa shape index (κ2) is 25.5. The number of aromatic nitrogens is 2. The lowest BCUT2D eigenvalue weighted by atomic mass is 9.83. The summed E-state index contributed by atoms with van der Waals surface area (Å²) in [6.45, 7) is 19.4. The fourth-order valence-electron chi connectivity index (χ4n) is 7.19. The van der Waals surface area contributed by atoms with Crippen molar-refractivity contribution in [3.8, 4) is 0 Å². The third-order valence-corrected chi connectivity index (χ3v) is 12.4. The van der Waals surface area contributed by atoms with Gasteiger partial charge in [0, 0.05) is 47.7 Å². The summed E-state index contributed by atoms with van der Waals surface area (Å²) in [4.78, 5) is 32.4. The molecule has 1 saturated carbocycles. The van der Waals surface area contributed by atoms with Crippen LogP contribution in [0.1, 0.15) is 135 Å². The van der Waals surface area contributed by atoms with Gasteiger partial charge in [0.05, 0.1) is 90.2 Å². The molecule has 1 saturated heterocycles. The number of fused-ring (bicyclic) bond motifs is 2. The van der Waals surface area contributed by atoms with Crippen molar-refractivity contribution >= 4 is 62.9 Å². The molecule has 2 aliphatic rings. The fourth-order valence-corrected chi connectivity index (χ4v) is 7.54. The van der Waals surface area contributed by atoms with Crippen LogP contribution in [0.4, 0.5) is 0 Å². The lowest BCUT2D eigenvalue weighted by Gasteiger charge is -2.32. The highest BCUT2D eigenvalue weighted by atomic mass is 79.9. The zero-order valence-corrected chi connectivity index (χ0v) is 43.9. The van der Waals surface area contributed by atoms with Crippen molar-refractivity contribution in [2.45, 2.75) is 138 Å². The van der Waals surface area contributed by atoms with Crippen molar-refractivity contribution in [2.24, 2.45) is 10.8 Å². The van der Waals surface area contributed by atoms with Gasteiger partial charge in [-0.25, -0.2) is 9.97 Å². The van der Waals surface area contributed by atoms with E-state index in [-0.39, 0.29) is 23.1 Å². The van der Waals surface area contributed by atoms with Gasteiger partial charge in [0.25, 0.3) is 0 Å². The molecule has 0 amide bonds. The van der Waals surface area contributed by atoms with Crippen LogP contribution < -0.4 is 0 Å². The van der Waals surface area contributed by atoms with Gasteiger partial charge < -0.3 is 43.2 Å². The number of carbonyl (C=O) groups is 2. The number of halogens is 1. The number of nitrogens with zero attached hydrogens (tertiary/aromatic N) is 2. The lowest BCUT2D eigenvalue weighted by Crippen LogP contribution is -2.41. The molecule has 15 heteroatoms. The molecule has 6 rings (SSSR count). The van der Waals surface area contributed by atoms with Gasteiger partial charge in [0.15, 0.2) is 0 Å². The largest absolute Gasteiger partial charge is 0.486 e. The monoisotopic (exact) mass is 992 g/mol. The molecule has 67 heavy (non-hydrogen) atoms. The smallest absolute Gasteiger partial charge is 0.468 e. The van der Waals surface area contributed by atoms with E-state index in [0.29, 0.717) is 30.7 Å². The molecule has 13 nitrogen and oxygen atoms in total. The van der Waals surface area contributed by atoms with Crippen molar-refractivity contribution in [3.05, 3.63) is 99.2 Å². The van der Waals surface area contributed by atoms with Crippen LogP contribution >= 0.6 is 15.9 Å². The number of esters is 2. The first-order chi connectivity index (χ1) is 31.3. The molecule has 2 fully saturated rings. The first kappa shape index (κ1) is 57.3. The fraction of sp³-hybridized carbons (Fsp3) is 0.538. The third-order valence-electron chi connectivity index (χ3n) is 11.9. The first-order valence-electron chi connectivity index (χ1n) is 22.7. The quantitative estimate of drug-likeness (QED) is 0.0961. The van der Waals surface area contributed by atoms with E-state index in [1.165, 1.54) is 39.9 Å². The summed E-state index contributed by atoms with van der Waals surface area (Å²) < 4.78 is 37.6. The van der Waals surface area contributed by atoms with Crippen LogP contribution in [0.3, 0.4) is 0 Å². The number of carbonyl (C=O) groups excluding carboxylic acids is 2. The molecule has 2 aromatic carbocycles. The zero-order chi connectivity index (χ0) is 50.3. The predicted molar refractivity (Wildman–Crippen MR) is 269 cm³/mol. The van der Waals surface area contributed by atoms with Gasteiger partial charge in [0.1, 0.15) is 0 Å². The molecule has 0 bridgehead atoms. The van der Waals surface area contributed by atoms with E-state index in [1.807, 2.05) is 88.4 Å². The standard InChI is InChI=1S/C20H25NO4.C13H23BO4.C13H14BrNO2.C6H12O/c1-13(22)18-16(12-24-4)11-15-7-6-14(10-17(15)21-18)8-9-20(2,3)19(23)25-5;1-11(2,10(15)16-7)8-9-14-17-12(3,4)13(5,6)18-14;1-8(16)13-10(7-17-2)5-9-3-4-11(14)6-12(9)15-13;1-7-6-4-2-3-5-6/h6-11,13,22H,12H2,1-5H3;8-9H,1-7H3;3-6,8,16H,7H2,1-2H3;6H,2-5H2,1H3/b2*9-8+;;/t13-;;8-;/m1.1./s1. The maximum atomic E-state index is 11.8. The van der Waals surface area contributed by atoms with Crippen molar-refractivity contribution in [3.63, 3.8) is 0 Å². The van der Waals surface area contributed by atoms with E-state index in [4.69, 9.17) is 33.0 Å². The van der Waals surface area contributed by atoms with Gasteiger partial charge in [-0.3, -0.25) is 9.59 Å². The summed E-state index contributed by atoms with van der Waals surface area (Å²) >= 11 is 3.42. The maximum Gasteiger partial charge on any atom is 0.486 e. The Balaban J connectivity index is 0.000000252. The van der Waals surface area contributed by atoms with E-state index in [9.17, 15) is 19.8 Å². The minimum absolute atomic E-state index is 0.282. The zero-order valence-electron chi connectivity index (χ0n) is 42.3. The molecule has 0 unspecified atom stereocenters. The van der Waals surface area contributed by atoms with Gasteiger partial charge in [-0.05, 0) is 118 Å². The van der Waals surface area contributed by atoms with Gasteiger partial charge in [-0.15, -0.1) is 0 Å². The summed E-state index contributed by atoms with van der Waals surface area (Å²) in [5.41, 5.74) is 3.56. The summed E-state index contributed by atoms with van der Waals surface area (Å²) in [6, 6.07) is 15.8. The number of pyridine rings is 2. The second-order valence-corrected chi connectivity index (χ2v) is 19.9. The van der Waals surface area contributed by atoms with Crippen LogP contribution in [0.5, 0.6) is 0 Å². The van der Waals surface area contributed by atoms with Crippen LogP contribution in [-0.2, 0) is 55.8 Å². The number of benzene rings is 2. The number of ether oxygens (including phenoxy) is 5. The van der Waals surface area contributed by atoms with Gasteiger partial charge in [-0.2, -0.15) is 0 Å². The molecule has 0 spiro atoms. The Labute approximate surface area is 407 Å². The highest BCUT2D eigenvalue weighted by molar-refractivity contribution is 9.10. The summed E-state index contributed by atoms with van der Waals surface area (Å²) in [6.07, 6.45) is 10.1. The van der Waals surface area contributed by atoms with Gasteiger partial charge >= 0.3 is 19.1 Å². The Morgan fingerprint density at radius 3 is 1.61 bits per heavy atom. The molecule has 1 aliphatic heterocycles. The number of hydrogen-bond acceptors (Lipinski definition) is 13. The molecular weight excluding hydrogens is 919 g/mol. The first-order valence-corrected chi connectivity index (χ1v) is 23.4. The summed E-state index contributed by atoms with van der Waals surface area (Å²) in [5, 5.41) is 21.7. The number of methoxy groups -OCH3 is 5. The molecule has 3 heterocycles. The average molecular weight is 994 g/mol. The highest BCUT2D eigenvalue weighted by Gasteiger charge is 2.50. The Bertz CT molecular complexity index is 2290. The molecule has 1 aliphatic carbocycles. The topological polar surface area (TPSA) is 165 Å². The van der Waals surface area contributed by atoms with E-state index >= 15 is 0 Å². The predicted octanol–water partition coefficient (Wildman–Crippen LogP) is 10.8. The molecule has 2 N–H and O–H groups in total. The third kappa shape index (κ3) is 16.6. The minimum Gasteiger partial charge on any atom is -0.468 e. The van der Waals surface area contributed by atoms with Crippen LogP contribution in [0, 0.1) is 10.8 Å². The van der Waals surface area contributed by atoms with Crippen molar-refractivity contribution < 1.29 is 52.8 Å². The van der Waals surface area contributed by atoms with E-state index in [0.717, 1.165) is 43.0 Å². The highest BCUT2D eigenvalue weighted by Crippen LogP contribution is 2.37. The Kier molecular flexibility index (Phi) is 21.8. The normalized spacial score (nSPS) is 16.8. The minimum atomic E-state index is -0.704. The van der Waals surface area contributed by atoms with Crippen LogP contribution in [0.15, 0.2) is 71.1 Å². The maximum absolute atomic E-state index is 11.8. The number of rotatable bonds is 13. The van der Waals surface area contributed by atoms with Crippen molar-refractivity contribution in [1.29, 1.82) is 0 Å². The molecule has 368 valence electrons. The molecular formula is C52H74BBrN2O11. The number of hydrogen-bond donors (Lipinski definition) is 2. The average Bonchev–Trinajstić information content (AvgIpc) is 3.88. The Morgan fingerprint density at radius 1 is 0.746 bits per heavy atom. The summed E-state index contributed by atoms with van der Waals surface area (Å²) in [7, 11) is 7.39. The molecule has 0 radical (unpaired) electrons. The van der Waals surface area contributed by atoms with Crippen molar-refractivity contribution in [1.82, 2.24) is 9.97 Å². The van der Waals surface area contributed by atoms with E-state index in [2.05, 4.69) is 25.9 Å². The molecule has 2 atom stereocenters. The Morgan fingerprint density at radius 2 is 1.19 bits per heavy atom. The van der Waals surface area contributed by atoms with Gasteiger partial charge in [0.2, 0.25) is 0 Å². The number of aliphatic hydroxyl groups is 2. The van der Waals surface area contributed by atoms with E-state index < -0.39 is 30.2 Å². The number of aliphatic hydroxyl groups excluding tert-OH is 2.